The summed E-state index contributed by atoms with van der Waals surface area (Å²) in [6.45, 7) is 0. The molecule has 0 spiro atoms. The van der Waals surface area contributed by atoms with E-state index in [0.29, 0.717) is 0 Å². The minimum atomic E-state index is -2.83. The van der Waals surface area contributed by atoms with Gasteiger partial charge in [0.05, 0.1) is 5.69 Å². The van der Waals surface area contributed by atoms with Crippen molar-refractivity contribution in [1.29, 1.82) is 0 Å². The first kappa shape index (κ1) is 11.8. The van der Waals surface area contributed by atoms with Crippen LogP contribution < -0.4 is 5.73 Å². The van der Waals surface area contributed by atoms with E-state index < -0.39 is 30.1 Å². The topological polar surface area (TPSA) is 84.7 Å². The van der Waals surface area contributed by atoms with Gasteiger partial charge in [0.15, 0.2) is 0 Å². The fourth-order valence-corrected chi connectivity index (χ4v) is 1.75. The molecule has 0 atom stereocenters. The molecule has 1 aliphatic rings. The molecule has 0 aromatic carbocycles. The molecule has 1 aliphatic carbocycles. The molecule has 15 heavy (non-hydrogen) atoms. The highest BCUT2D eigenvalue weighted by Crippen LogP contribution is 2.52. The van der Waals surface area contributed by atoms with Crippen LogP contribution in [0.1, 0.15) is 18.5 Å². The Morgan fingerprint density at radius 2 is 2.13 bits per heavy atom. The second-order valence-electron chi connectivity index (χ2n) is 3.51. The highest BCUT2D eigenvalue weighted by atomic mass is 35.5. The van der Waals surface area contributed by atoms with Crippen molar-refractivity contribution in [3.63, 3.8) is 0 Å². The van der Waals surface area contributed by atoms with Crippen molar-refractivity contribution in [2.75, 3.05) is 0 Å². The van der Waals surface area contributed by atoms with E-state index in [2.05, 4.69) is 15.4 Å². The first-order valence-corrected chi connectivity index (χ1v) is 4.01. The van der Waals surface area contributed by atoms with E-state index in [1.165, 1.54) is 6.20 Å². The van der Waals surface area contributed by atoms with E-state index in [4.69, 9.17) is 5.73 Å². The van der Waals surface area contributed by atoms with Gasteiger partial charge in [-0.3, -0.25) is 9.89 Å². The maximum Gasteiger partial charge on any atom is 0.251 e. The molecule has 1 aromatic heterocycles. The molecule has 2 rings (SSSR count). The van der Waals surface area contributed by atoms with Crippen LogP contribution in [0, 0.1) is 0 Å². The lowest BCUT2D eigenvalue weighted by molar-refractivity contribution is -0.156. The second-order valence-corrected chi connectivity index (χ2v) is 3.51. The molecule has 0 aliphatic heterocycles. The predicted octanol–water partition coefficient (Wildman–Crippen LogP) is 0.379. The van der Waals surface area contributed by atoms with Crippen LogP contribution in [-0.2, 0) is 10.2 Å². The number of carbonyl (C=O) groups excluding carboxylic acids is 1. The Bertz CT molecular complexity index is 359. The van der Waals surface area contributed by atoms with Gasteiger partial charge in [0, 0.05) is 19.0 Å². The molecule has 1 amide bonds. The largest absolute Gasteiger partial charge is 0.369 e. The quantitative estimate of drug-likeness (QED) is 0.781. The Labute approximate surface area is 89.8 Å². The Morgan fingerprint density at radius 3 is 2.47 bits per heavy atom. The van der Waals surface area contributed by atoms with Crippen molar-refractivity contribution >= 4 is 18.3 Å². The van der Waals surface area contributed by atoms with Gasteiger partial charge in [-0.05, 0) is 0 Å². The summed E-state index contributed by atoms with van der Waals surface area (Å²) in [6, 6.07) is 0. The smallest absolute Gasteiger partial charge is 0.251 e. The third kappa shape index (κ3) is 1.67. The van der Waals surface area contributed by atoms with Gasteiger partial charge in [-0.1, -0.05) is 5.21 Å². The number of halogens is 3. The number of hydrogen-bond acceptors (Lipinski definition) is 3. The van der Waals surface area contributed by atoms with Crippen LogP contribution in [0.15, 0.2) is 6.20 Å². The second kappa shape index (κ2) is 3.41. The van der Waals surface area contributed by atoms with Crippen LogP contribution in [0.5, 0.6) is 0 Å². The van der Waals surface area contributed by atoms with Crippen LogP contribution in [0.2, 0.25) is 0 Å². The van der Waals surface area contributed by atoms with Crippen LogP contribution in [0.3, 0.4) is 0 Å². The Kier molecular flexibility index (Phi) is 2.69. The predicted molar refractivity (Wildman–Crippen MR) is 48.7 cm³/mol. The number of carbonyl (C=O) groups is 1. The molecule has 1 fully saturated rings. The molecule has 0 unspecified atom stereocenters. The summed E-state index contributed by atoms with van der Waals surface area (Å²) >= 11 is 0. The maximum atomic E-state index is 12.7. The molecular weight excluding hydrogens is 230 g/mol. The first-order valence-electron chi connectivity index (χ1n) is 4.01. The van der Waals surface area contributed by atoms with E-state index in [1.807, 2.05) is 0 Å². The van der Waals surface area contributed by atoms with Gasteiger partial charge in [-0.25, -0.2) is 8.78 Å². The summed E-state index contributed by atoms with van der Waals surface area (Å²) in [5.41, 5.74) is 3.94. The van der Waals surface area contributed by atoms with E-state index in [0.717, 1.165) is 0 Å². The molecule has 3 N–H and O–H groups in total. The molecule has 84 valence electrons. The van der Waals surface area contributed by atoms with Gasteiger partial charge in [-0.15, -0.1) is 17.5 Å². The minimum absolute atomic E-state index is 0. The van der Waals surface area contributed by atoms with Crippen LogP contribution in [-0.4, -0.2) is 27.2 Å². The summed E-state index contributed by atoms with van der Waals surface area (Å²) in [4.78, 5) is 11.1. The molecule has 0 bridgehead atoms. The molecule has 0 saturated heterocycles. The van der Waals surface area contributed by atoms with Gasteiger partial charge in [0.2, 0.25) is 5.91 Å². The van der Waals surface area contributed by atoms with Crippen LogP contribution in [0.4, 0.5) is 8.78 Å². The molecule has 1 aromatic rings. The minimum Gasteiger partial charge on any atom is -0.369 e. The molecule has 5 nitrogen and oxygen atoms in total. The lowest BCUT2D eigenvalue weighted by atomic mass is 9.63. The van der Waals surface area contributed by atoms with Crippen molar-refractivity contribution < 1.29 is 13.6 Å². The number of primary amides is 1. The fraction of sp³-hybridized carbons (Fsp3) is 0.571. The summed E-state index contributed by atoms with van der Waals surface area (Å²) in [6.07, 6.45) is 0.156. The molecular formula is C7H9ClF2N4O. The Balaban J connectivity index is 0.00000112. The molecule has 0 radical (unpaired) electrons. The molecule has 8 heteroatoms. The van der Waals surface area contributed by atoms with Crippen LogP contribution in [0.25, 0.3) is 0 Å². The fourth-order valence-electron chi connectivity index (χ4n) is 1.75. The Morgan fingerprint density at radius 1 is 1.53 bits per heavy atom. The SMILES string of the molecule is Cl.NC(=O)C1(c2c[nH]nn2)CC(F)(F)C1. The van der Waals surface area contributed by atoms with Crippen molar-refractivity contribution in [2.24, 2.45) is 5.73 Å². The number of aromatic nitrogens is 3. The highest BCUT2D eigenvalue weighted by molar-refractivity contribution is 5.87. The number of amides is 1. The van der Waals surface area contributed by atoms with E-state index in [-0.39, 0.29) is 18.1 Å². The third-order valence-electron chi connectivity index (χ3n) is 2.50. The summed E-state index contributed by atoms with van der Waals surface area (Å²) in [5.74, 6) is -3.61. The molecule has 1 saturated carbocycles. The standard InChI is InChI=1S/C7H8F2N4O.ClH/c8-7(9)2-6(3-7,5(10)14)4-1-11-13-12-4;/h1H,2-3H2,(H2,10,14)(H,11,12,13);1H. The number of aromatic amines is 1. The number of nitrogens with zero attached hydrogens (tertiary/aromatic N) is 2. The number of nitrogens with two attached hydrogens (primary N) is 1. The van der Waals surface area contributed by atoms with Gasteiger partial charge >= 0.3 is 0 Å². The zero-order chi connectivity index (χ0) is 10.4. The number of alkyl halides is 2. The lowest BCUT2D eigenvalue weighted by Gasteiger charge is -2.43. The summed E-state index contributed by atoms with van der Waals surface area (Å²) < 4.78 is 25.4. The van der Waals surface area contributed by atoms with Crippen LogP contribution >= 0.6 is 12.4 Å². The van der Waals surface area contributed by atoms with Crippen molar-refractivity contribution in [1.82, 2.24) is 15.4 Å². The zero-order valence-corrected chi connectivity index (χ0v) is 8.35. The van der Waals surface area contributed by atoms with Gasteiger partial charge in [0.25, 0.3) is 5.92 Å². The Hall–Kier alpha value is -1.24. The summed E-state index contributed by atoms with van der Waals surface area (Å²) in [5, 5.41) is 9.30. The zero-order valence-electron chi connectivity index (χ0n) is 7.54. The van der Waals surface area contributed by atoms with E-state index in [1.54, 1.807) is 0 Å². The number of nitrogens with one attached hydrogen (secondary N) is 1. The number of hydrogen-bond donors (Lipinski definition) is 2. The number of H-pyrrole nitrogens is 1. The van der Waals surface area contributed by atoms with Gasteiger partial charge < -0.3 is 5.73 Å². The van der Waals surface area contributed by atoms with Crippen molar-refractivity contribution in [3.05, 3.63) is 11.9 Å². The lowest BCUT2D eigenvalue weighted by Crippen LogP contribution is -2.57. The summed E-state index contributed by atoms with van der Waals surface area (Å²) in [7, 11) is 0. The highest BCUT2D eigenvalue weighted by Gasteiger charge is 2.62. The average molecular weight is 239 g/mol. The van der Waals surface area contributed by atoms with Gasteiger partial charge in [0.1, 0.15) is 5.41 Å². The molecule has 1 heterocycles. The van der Waals surface area contributed by atoms with E-state index in [9.17, 15) is 13.6 Å². The van der Waals surface area contributed by atoms with Gasteiger partial charge in [-0.2, -0.15) is 0 Å². The average Bonchev–Trinajstić information content (AvgIpc) is 2.50. The van der Waals surface area contributed by atoms with Crippen molar-refractivity contribution in [2.45, 2.75) is 24.2 Å². The first-order chi connectivity index (χ1) is 6.46. The normalized spacial score (nSPS) is 21.2. The number of rotatable bonds is 2. The maximum absolute atomic E-state index is 12.7. The van der Waals surface area contributed by atoms with Crippen molar-refractivity contribution in [3.8, 4) is 0 Å². The monoisotopic (exact) mass is 238 g/mol. The third-order valence-corrected chi connectivity index (χ3v) is 2.50. The van der Waals surface area contributed by atoms with E-state index >= 15 is 0 Å².